The summed E-state index contributed by atoms with van der Waals surface area (Å²) in [5.74, 6) is -0.959. The lowest BCUT2D eigenvalue weighted by Crippen LogP contribution is -2.50. The van der Waals surface area contributed by atoms with Gasteiger partial charge in [0.05, 0.1) is 5.41 Å². The number of hydroxylamine groups is 1. The van der Waals surface area contributed by atoms with Gasteiger partial charge in [-0.25, -0.2) is 5.48 Å². The van der Waals surface area contributed by atoms with Crippen LogP contribution in [0, 0.1) is 17.3 Å². The first-order valence-electron chi connectivity index (χ1n) is 9.65. The number of carbonyl (C=O) groups is 3. The second kappa shape index (κ2) is 9.14. The molecule has 1 aliphatic heterocycles. The van der Waals surface area contributed by atoms with Crippen molar-refractivity contribution in [3.05, 3.63) is 24.5 Å². The molecular weight excluding hydrogens is 360 g/mol. The van der Waals surface area contributed by atoms with Crippen molar-refractivity contribution in [3.8, 4) is 0 Å². The van der Waals surface area contributed by atoms with Crippen molar-refractivity contribution in [1.29, 1.82) is 0 Å². The summed E-state index contributed by atoms with van der Waals surface area (Å²) in [7, 11) is 0. The lowest BCUT2D eigenvalue weighted by atomic mass is 9.75. The van der Waals surface area contributed by atoms with Crippen LogP contribution in [0.25, 0.3) is 0 Å². The fourth-order valence-corrected chi connectivity index (χ4v) is 4.12. The van der Waals surface area contributed by atoms with Gasteiger partial charge in [-0.05, 0) is 36.8 Å². The molecule has 0 aliphatic carbocycles. The number of rotatable bonds is 8. The van der Waals surface area contributed by atoms with Crippen LogP contribution in [-0.4, -0.2) is 45.4 Å². The van der Waals surface area contributed by atoms with Crippen LogP contribution in [0.2, 0.25) is 0 Å². The van der Waals surface area contributed by atoms with E-state index in [2.05, 4.69) is 10.3 Å². The van der Waals surface area contributed by atoms with E-state index in [-0.39, 0.29) is 30.1 Å². The molecule has 0 saturated carbocycles. The summed E-state index contributed by atoms with van der Waals surface area (Å²) in [5.41, 5.74) is 1.36. The van der Waals surface area contributed by atoms with Crippen molar-refractivity contribution in [1.82, 2.24) is 15.4 Å². The van der Waals surface area contributed by atoms with E-state index in [0.29, 0.717) is 25.1 Å². The number of hydrogen-bond donors (Lipinski definition) is 3. The highest BCUT2D eigenvalue weighted by Crippen LogP contribution is 2.42. The SMILES string of the molecule is CC(C)C[C@@]1(CC(=O)NO)CCN([C@@H](C(=O)Nc2ccncc2)C(C)C)C1=O. The van der Waals surface area contributed by atoms with Gasteiger partial charge in [0.2, 0.25) is 17.7 Å². The zero-order valence-electron chi connectivity index (χ0n) is 16.9. The summed E-state index contributed by atoms with van der Waals surface area (Å²) in [6.45, 7) is 8.17. The zero-order valence-corrected chi connectivity index (χ0v) is 16.9. The van der Waals surface area contributed by atoms with Crippen molar-refractivity contribution in [3.63, 3.8) is 0 Å². The van der Waals surface area contributed by atoms with Gasteiger partial charge >= 0.3 is 0 Å². The number of nitrogens with one attached hydrogen (secondary N) is 2. The molecule has 0 spiro atoms. The van der Waals surface area contributed by atoms with E-state index in [1.165, 1.54) is 0 Å². The largest absolute Gasteiger partial charge is 0.330 e. The monoisotopic (exact) mass is 390 g/mol. The van der Waals surface area contributed by atoms with Crippen molar-refractivity contribution in [2.45, 2.75) is 53.0 Å². The van der Waals surface area contributed by atoms with Crippen LogP contribution in [0.15, 0.2) is 24.5 Å². The van der Waals surface area contributed by atoms with Gasteiger partial charge in [0.1, 0.15) is 6.04 Å². The van der Waals surface area contributed by atoms with Crippen LogP contribution < -0.4 is 10.8 Å². The average molecular weight is 390 g/mol. The van der Waals surface area contributed by atoms with E-state index < -0.39 is 17.4 Å². The Morgan fingerprint density at radius 2 is 1.89 bits per heavy atom. The molecule has 1 fully saturated rings. The summed E-state index contributed by atoms with van der Waals surface area (Å²) >= 11 is 0. The predicted molar refractivity (Wildman–Crippen MR) is 104 cm³/mol. The van der Waals surface area contributed by atoms with Gasteiger partial charge in [0, 0.05) is 31.0 Å². The summed E-state index contributed by atoms with van der Waals surface area (Å²) in [6.07, 6.45) is 4.08. The first kappa shape index (κ1) is 21.8. The molecule has 154 valence electrons. The molecule has 0 unspecified atom stereocenters. The number of carbonyl (C=O) groups excluding carboxylic acids is 3. The second-order valence-corrected chi connectivity index (χ2v) is 8.25. The standard InChI is InChI=1S/C20H30N4O4/c1-13(2)11-20(12-16(25)23-28)7-10-24(19(20)27)17(14(3)4)18(26)22-15-5-8-21-9-6-15/h5-6,8-9,13-14,17,28H,7,10-12H2,1-4H3,(H,23,25)(H,21,22,26)/t17-,20-/m1/s1. The summed E-state index contributed by atoms with van der Waals surface area (Å²) in [4.78, 5) is 43.7. The van der Waals surface area contributed by atoms with Crippen molar-refractivity contribution in [2.24, 2.45) is 17.3 Å². The number of likely N-dealkylation sites (tertiary alicyclic amines) is 1. The molecule has 0 aromatic carbocycles. The van der Waals surface area contributed by atoms with Crippen molar-refractivity contribution >= 4 is 23.4 Å². The highest BCUT2D eigenvalue weighted by molar-refractivity contribution is 5.99. The molecule has 3 amide bonds. The first-order valence-corrected chi connectivity index (χ1v) is 9.65. The Bertz CT molecular complexity index is 707. The van der Waals surface area contributed by atoms with E-state index >= 15 is 0 Å². The Labute approximate surface area is 165 Å². The Hall–Kier alpha value is -2.48. The minimum atomic E-state index is -0.898. The number of anilines is 1. The zero-order chi connectivity index (χ0) is 20.9. The summed E-state index contributed by atoms with van der Waals surface area (Å²) in [5, 5.41) is 11.8. The number of aromatic nitrogens is 1. The molecule has 2 heterocycles. The molecule has 2 atom stereocenters. The normalized spacial score (nSPS) is 20.5. The molecule has 2 rings (SSSR count). The van der Waals surface area contributed by atoms with Gasteiger partial charge in [0.15, 0.2) is 0 Å². The molecule has 1 saturated heterocycles. The quantitative estimate of drug-likeness (QED) is 0.465. The molecule has 8 heteroatoms. The molecule has 1 aromatic heterocycles. The number of amides is 3. The number of hydrogen-bond acceptors (Lipinski definition) is 5. The molecule has 1 aromatic rings. The minimum Gasteiger partial charge on any atom is -0.330 e. The number of nitrogens with zero attached hydrogens (tertiary/aromatic N) is 2. The van der Waals surface area contributed by atoms with Crippen LogP contribution in [0.1, 0.15) is 47.0 Å². The van der Waals surface area contributed by atoms with Crippen LogP contribution in [0.3, 0.4) is 0 Å². The van der Waals surface area contributed by atoms with Gasteiger partial charge in [-0.1, -0.05) is 27.7 Å². The van der Waals surface area contributed by atoms with E-state index in [0.717, 1.165) is 0 Å². The van der Waals surface area contributed by atoms with E-state index in [9.17, 15) is 14.4 Å². The predicted octanol–water partition coefficient (Wildman–Crippen LogP) is 2.20. The Morgan fingerprint density at radius 1 is 1.25 bits per heavy atom. The Kier molecular flexibility index (Phi) is 7.12. The maximum atomic E-state index is 13.4. The molecule has 1 aliphatic rings. The van der Waals surface area contributed by atoms with E-state index in [1.54, 1.807) is 34.9 Å². The van der Waals surface area contributed by atoms with Crippen LogP contribution in [0.5, 0.6) is 0 Å². The smallest absolute Gasteiger partial charge is 0.247 e. The molecular formula is C20H30N4O4. The molecule has 28 heavy (non-hydrogen) atoms. The van der Waals surface area contributed by atoms with Gasteiger partial charge in [-0.15, -0.1) is 0 Å². The lowest BCUT2D eigenvalue weighted by Gasteiger charge is -2.33. The summed E-state index contributed by atoms with van der Waals surface area (Å²) in [6, 6.07) is 2.73. The number of pyridine rings is 1. The average Bonchev–Trinajstić information content (AvgIpc) is 2.91. The van der Waals surface area contributed by atoms with Crippen LogP contribution in [-0.2, 0) is 14.4 Å². The maximum absolute atomic E-state index is 13.4. The third-order valence-corrected chi connectivity index (χ3v) is 5.15. The summed E-state index contributed by atoms with van der Waals surface area (Å²) < 4.78 is 0. The van der Waals surface area contributed by atoms with Gasteiger partial charge < -0.3 is 10.2 Å². The van der Waals surface area contributed by atoms with Crippen LogP contribution in [0.4, 0.5) is 5.69 Å². The van der Waals surface area contributed by atoms with Crippen molar-refractivity contribution in [2.75, 3.05) is 11.9 Å². The molecule has 0 bridgehead atoms. The van der Waals surface area contributed by atoms with Gasteiger partial charge in [0.25, 0.3) is 0 Å². The Balaban J connectivity index is 2.26. The van der Waals surface area contributed by atoms with Gasteiger partial charge in [-0.2, -0.15) is 0 Å². The van der Waals surface area contributed by atoms with E-state index in [1.807, 2.05) is 27.7 Å². The lowest BCUT2D eigenvalue weighted by molar-refractivity contribution is -0.147. The first-order chi connectivity index (χ1) is 13.2. The molecule has 0 radical (unpaired) electrons. The van der Waals surface area contributed by atoms with Crippen LogP contribution >= 0.6 is 0 Å². The fraction of sp³-hybridized carbons (Fsp3) is 0.600. The third-order valence-electron chi connectivity index (χ3n) is 5.15. The van der Waals surface area contributed by atoms with Gasteiger partial charge in [-0.3, -0.25) is 24.6 Å². The maximum Gasteiger partial charge on any atom is 0.247 e. The fourth-order valence-electron chi connectivity index (χ4n) is 4.12. The second-order valence-electron chi connectivity index (χ2n) is 8.25. The molecule has 8 nitrogen and oxygen atoms in total. The Morgan fingerprint density at radius 3 is 2.43 bits per heavy atom. The minimum absolute atomic E-state index is 0.0895. The molecule has 3 N–H and O–H groups in total. The van der Waals surface area contributed by atoms with Crippen molar-refractivity contribution < 1.29 is 19.6 Å². The highest BCUT2D eigenvalue weighted by atomic mass is 16.5. The highest BCUT2D eigenvalue weighted by Gasteiger charge is 2.51. The topological polar surface area (TPSA) is 112 Å². The third kappa shape index (κ3) is 4.86. The van der Waals surface area contributed by atoms with E-state index in [4.69, 9.17) is 5.21 Å².